The fourth-order valence-electron chi connectivity index (χ4n) is 2.49. The summed E-state index contributed by atoms with van der Waals surface area (Å²) < 4.78 is 30.9. The number of hydrogen-bond acceptors (Lipinski definition) is 2. The summed E-state index contributed by atoms with van der Waals surface area (Å²) in [5, 5.41) is 0. The lowest BCUT2D eigenvalue weighted by atomic mass is 9.83. The van der Waals surface area contributed by atoms with Gasteiger partial charge in [-0.05, 0) is 47.7 Å². The van der Waals surface area contributed by atoms with Crippen molar-refractivity contribution in [1.82, 2.24) is 0 Å². The molecule has 2 unspecified atom stereocenters. The van der Waals surface area contributed by atoms with E-state index in [0.29, 0.717) is 6.42 Å². The van der Waals surface area contributed by atoms with Crippen molar-refractivity contribution in [2.75, 3.05) is 7.11 Å². The fraction of sp³-hybridized carbons (Fsp3) is 0.278. The van der Waals surface area contributed by atoms with Gasteiger partial charge in [-0.15, -0.1) is 0 Å². The van der Waals surface area contributed by atoms with Gasteiger partial charge in [0.15, 0.2) is 0 Å². The number of halogens is 2. The molecule has 0 aromatic heterocycles. The van der Waals surface area contributed by atoms with Crippen LogP contribution in [0.1, 0.15) is 24.0 Å². The van der Waals surface area contributed by atoms with Crippen LogP contribution >= 0.6 is 0 Å². The number of methoxy groups -OCH3 is 1. The molecule has 0 amide bonds. The van der Waals surface area contributed by atoms with E-state index in [0.717, 1.165) is 11.1 Å². The number of carbonyl (C=O) groups is 1. The zero-order chi connectivity index (χ0) is 16.1. The third-order valence-corrected chi connectivity index (χ3v) is 3.87. The highest BCUT2D eigenvalue weighted by molar-refractivity contribution is 5.74. The molecule has 0 saturated heterocycles. The summed E-state index contributed by atoms with van der Waals surface area (Å²) in [6, 6.07) is 12.1. The number of ether oxygens (including phenoxy) is 1. The highest BCUT2D eigenvalue weighted by atomic mass is 19.1. The number of esters is 1. The van der Waals surface area contributed by atoms with Gasteiger partial charge < -0.3 is 4.74 Å². The second-order valence-corrected chi connectivity index (χ2v) is 5.30. The molecule has 0 heterocycles. The Hall–Kier alpha value is -2.23. The normalized spacial score (nSPS) is 13.5. The van der Waals surface area contributed by atoms with Gasteiger partial charge in [0.1, 0.15) is 11.6 Å². The van der Waals surface area contributed by atoms with Crippen LogP contribution < -0.4 is 0 Å². The zero-order valence-corrected chi connectivity index (χ0v) is 12.6. The maximum atomic E-state index is 13.0. The van der Waals surface area contributed by atoms with Gasteiger partial charge in [-0.25, -0.2) is 8.78 Å². The van der Waals surface area contributed by atoms with Gasteiger partial charge in [0.25, 0.3) is 0 Å². The van der Waals surface area contributed by atoms with Crippen LogP contribution in [-0.2, 0) is 16.0 Å². The molecular formula is C18H18F2O2. The van der Waals surface area contributed by atoms with E-state index >= 15 is 0 Å². The average Bonchev–Trinajstić information content (AvgIpc) is 2.53. The molecule has 22 heavy (non-hydrogen) atoms. The molecule has 0 spiro atoms. The van der Waals surface area contributed by atoms with Crippen LogP contribution in [0.25, 0.3) is 0 Å². The van der Waals surface area contributed by atoms with Gasteiger partial charge >= 0.3 is 5.97 Å². The second kappa shape index (κ2) is 7.16. The Morgan fingerprint density at radius 3 is 2.00 bits per heavy atom. The zero-order valence-electron chi connectivity index (χ0n) is 12.6. The molecule has 2 atom stereocenters. The third kappa shape index (κ3) is 3.91. The highest BCUT2D eigenvalue weighted by Crippen LogP contribution is 2.28. The Kier molecular flexibility index (Phi) is 5.26. The van der Waals surface area contributed by atoms with Gasteiger partial charge in [-0.1, -0.05) is 31.2 Å². The van der Waals surface area contributed by atoms with E-state index in [-0.39, 0.29) is 23.5 Å². The summed E-state index contributed by atoms with van der Waals surface area (Å²) in [6.45, 7) is 1.90. The predicted octanol–water partition coefficient (Wildman–Crippen LogP) is 4.10. The standard InChI is InChI=1S/C18H18F2O2/c1-12(14-5-9-16(20)10-6-14)17(18(21)22-2)11-13-3-7-15(19)8-4-13/h3-10,12,17H,11H2,1-2H3. The van der Waals surface area contributed by atoms with E-state index < -0.39 is 5.92 Å². The lowest BCUT2D eigenvalue weighted by Gasteiger charge is -2.22. The first-order chi connectivity index (χ1) is 10.5. The molecular weight excluding hydrogens is 286 g/mol. The van der Waals surface area contributed by atoms with Crippen molar-refractivity contribution in [3.8, 4) is 0 Å². The number of benzene rings is 2. The predicted molar refractivity (Wildman–Crippen MR) is 80.4 cm³/mol. The van der Waals surface area contributed by atoms with Gasteiger partial charge in [0.05, 0.1) is 13.0 Å². The van der Waals surface area contributed by atoms with Crippen LogP contribution in [0.2, 0.25) is 0 Å². The van der Waals surface area contributed by atoms with E-state index in [1.54, 1.807) is 24.3 Å². The Morgan fingerprint density at radius 2 is 1.50 bits per heavy atom. The van der Waals surface area contributed by atoms with Crippen molar-refractivity contribution in [2.45, 2.75) is 19.3 Å². The maximum Gasteiger partial charge on any atom is 0.309 e. The van der Waals surface area contributed by atoms with Crippen LogP contribution in [0, 0.1) is 17.6 Å². The van der Waals surface area contributed by atoms with Crippen molar-refractivity contribution < 1.29 is 18.3 Å². The van der Waals surface area contributed by atoms with Crippen LogP contribution in [0.15, 0.2) is 48.5 Å². The largest absolute Gasteiger partial charge is 0.469 e. The van der Waals surface area contributed by atoms with Crippen LogP contribution in [0.4, 0.5) is 8.78 Å². The van der Waals surface area contributed by atoms with E-state index in [4.69, 9.17) is 4.74 Å². The Bertz CT molecular complexity index is 621. The molecule has 0 radical (unpaired) electrons. The maximum absolute atomic E-state index is 13.0. The summed E-state index contributed by atoms with van der Waals surface area (Å²) in [5.74, 6) is -1.52. The lowest BCUT2D eigenvalue weighted by Crippen LogP contribution is -2.24. The van der Waals surface area contributed by atoms with E-state index in [9.17, 15) is 13.6 Å². The monoisotopic (exact) mass is 304 g/mol. The van der Waals surface area contributed by atoms with Gasteiger partial charge in [0, 0.05) is 0 Å². The Balaban J connectivity index is 2.23. The van der Waals surface area contributed by atoms with Crippen molar-refractivity contribution in [3.05, 3.63) is 71.3 Å². The Labute approximate surface area is 128 Å². The first-order valence-electron chi connectivity index (χ1n) is 7.09. The average molecular weight is 304 g/mol. The molecule has 2 rings (SSSR count). The molecule has 0 N–H and O–H groups in total. The molecule has 116 valence electrons. The number of carbonyl (C=O) groups excluding carboxylic acids is 1. The fourth-order valence-corrected chi connectivity index (χ4v) is 2.49. The second-order valence-electron chi connectivity index (χ2n) is 5.30. The highest BCUT2D eigenvalue weighted by Gasteiger charge is 2.27. The van der Waals surface area contributed by atoms with Crippen molar-refractivity contribution in [1.29, 1.82) is 0 Å². The first kappa shape index (κ1) is 16.1. The van der Waals surface area contributed by atoms with Crippen LogP contribution in [0.3, 0.4) is 0 Å². The summed E-state index contributed by atoms with van der Waals surface area (Å²) in [6.07, 6.45) is 0.436. The van der Waals surface area contributed by atoms with Crippen LogP contribution in [-0.4, -0.2) is 13.1 Å². The van der Waals surface area contributed by atoms with E-state index in [1.807, 2.05) is 6.92 Å². The lowest BCUT2D eigenvalue weighted by molar-refractivity contribution is -0.146. The molecule has 0 aliphatic carbocycles. The topological polar surface area (TPSA) is 26.3 Å². The molecule has 0 aliphatic heterocycles. The molecule has 2 aromatic carbocycles. The van der Waals surface area contributed by atoms with Gasteiger partial charge in [-0.3, -0.25) is 4.79 Å². The molecule has 0 fully saturated rings. The SMILES string of the molecule is COC(=O)C(Cc1ccc(F)cc1)C(C)c1ccc(F)cc1. The third-order valence-electron chi connectivity index (χ3n) is 3.87. The van der Waals surface area contributed by atoms with E-state index in [2.05, 4.69) is 0 Å². The minimum Gasteiger partial charge on any atom is -0.469 e. The summed E-state index contributed by atoms with van der Waals surface area (Å²) in [7, 11) is 1.34. The molecule has 4 heteroatoms. The smallest absolute Gasteiger partial charge is 0.309 e. The number of hydrogen-bond donors (Lipinski definition) is 0. The minimum absolute atomic E-state index is 0.141. The van der Waals surface area contributed by atoms with E-state index in [1.165, 1.54) is 31.4 Å². The molecule has 2 aromatic rings. The van der Waals surface area contributed by atoms with Gasteiger partial charge in [-0.2, -0.15) is 0 Å². The Morgan fingerprint density at radius 1 is 1.00 bits per heavy atom. The van der Waals surface area contributed by atoms with Gasteiger partial charge in [0.2, 0.25) is 0 Å². The summed E-state index contributed by atoms with van der Waals surface area (Å²) >= 11 is 0. The molecule has 0 saturated carbocycles. The number of rotatable bonds is 5. The summed E-state index contributed by atoms with van der Waals surface area (Å²) in [5.41, 5.74) is 1.71. The van der Waals surface area contributed by atoms with Crippen molar-refractivity contribution >= 4 is 5.97 Å². The van der Waals surface area contributed by atoms with Crippen molar-refractivity contribution in [2.24, 2.45) is 5.92 Å². The molecule has 0 aliphatic rings. The summed E-state index contributed by atoms with van der Waals surface area (Å²) in [4.78, 5) is 12.1. The first-order valence-corrected chi connectivity index (χ1v) is 7.09. The molecule has 2 nitrogen and oxygen atoms in total. The quantitative estimate of drug-likeness (QED) is 0.777. The van der Waals surface area contributed by atoms with Crippen molar-refractivity contribution in [3.63, 3.8) is 0 Å². The molecule has 0 bridgehead atoms. The minimum atomic E-state index is -0.416. The van der Waals surface area contributed by atoms with Crippen LogP contribution in [0.5, 0.6) is 0 Å².